The number of likely N-dealkylation sites (tertiary alicyclic amines) is 1. The Balaban J connectivity index is 2.18. The van der Waals surface area contributed by atoms with Gasteiger partial charge in [-0.1, -0.05) is 0 Å². The number of rotatable bonds is 4. The van der Waals surface area contributed by atoms with E-state index in [9.17, 15) is 4.79 Å². The van der Waals surface area contributed by atoms with Crippen LogP contribution in [0.1, 0.15) is 24.3 Å². The van der Waals surface area contributed by atoms with Crippen molar-refractivity contribution in [3.63, 3.8) is 0 Å². The molecule has 1 aromatic carbocycles. The van der Waals surface area contributed by atoms with E-state index in [1.807, 2.05) is 23.1 Å². The van der Waals surface area contributed by atoms with E-state index >= 15 is 0 Å². The number of amides is 1. The van der Waals surface area contributed by atoms with Gasteiger partial charge >= 0.3 is 0 Å². The summed E-state index contributed by atoms with van der Waals surface area (Å²) < 4.78 is 10.7. The van der Waals surface area contributed by atoms with E-state index < -0.39 is 0 Å². The van der Waals surface area contributed by atoms with Crippen LogP contribution < -0.4 is 9.47 Å². The number of carbonyl (C=O) groups excluding carboxylic acids is 1. The molecule has 1 saturated heterocycles. The summed E-state index contributed by atoms with van der Waals surface area (Å²) in [5, 5.41) is 0. The third-order valence-electron chi connectivity index (χ3n) is 3.56. The molecule has 98 valence electrons. The minimum Gasteiger partial charge on any atom is -0.497 e. The van der Waals surface area contributed by atoms with E-state index in [0.29, 0.717) is 5.92 Å². The second-order valence-electron chi connectivity index (χ2n) is 4.52. The van der Waals surface area contributed by atoms with Crippen LogP contribution >= 0.6 is 0 Å². The van der Waals surface area contributed by atoms with Crippen LogP contribution in [0.25, 0.3) is 0 Å². The third-order valence-corrected chi connectivity index (χ3v) is 3.56. The number of ether oxygens (including phenoxy) is 2. The predicted octanol–water partition coefficient (Wildman–Crippen LogP) is 2.04. The van der Waals surface area contributed by atoms with E-state index in [4.69, 9.17) is 9.47 Å². The molecule has 18 heavy (non-hydrogen) atoms. The van der Waals surface area contributed by atoms with Crippen LogP contribution in [-0.4, -0.2) is 38.6 Å². The second kappa shape index (κ2) is 5.76. The highest BCUT2D eigenvalue weighted by Crippen LogP contribution is 2.36. The van der Waals surface area contributed by atoms with Gasteiger partial charge in [-0.05, 0) is 37.0 Å². The number of hydrogen-bond acceptors (Lipinski definition) is 3. The van der Waals surface area contributed by atoms with Gasteiger partial charge in [0.05, 0.1) is 14.2 Å². The number of piperidine rings is 1. The first-order valence-electron chi connectivity index (χ1n) is 6.19. The lowest BCUT2D eigenvalue weighted by atomic mass is 9.89. The van der Waals surface area contributed by atoms with Gasteiger partial charge in [0.1, 0.15) is 11.5 Å². The zero-order valence-electron chi connectivity index (χ0n) is 10.9. The van der Waals surface area contributed by atoms with Crippen LogP contribution in [0.3, 0.4) is 0 Å². The Morgan fingerprint density at radius 2 is 1.94 bits per heavy atom. The molecule has 0 atom stereocenters. The van der Waals surface area contributed by atoms with Crippen LogP contribution in [0, 0.1) is 0 Å². The third kappa shape index (κ3) is 2.58. The Labute approximate surface area is 107 Å². The molecule has 0 bridgehead atoms. The van der Waals surface area contributed by atoms with Gasteiger partial charge in [-0.3, -0.25) is 4.79 Å². The number of methoxy groups -OCH3 is 2. The molecule has 0 N–H and O–H groups in total. The molecule has 2 rings (SSSR count). The first-order valence-corrected chi connectivity index (χ1v) is 6.19. The Kier molecular flexibility index (Phi) is 4.07. The molecule has 1 heterocycles. The van der Waals surface area contributed by atoms with Gasteiger partial charge in [0.2, 0.25) is 6.41 Å². The molecule has 1 fully saturated rings. The van der Waals surface area contributed by atoms with Crippen molar-refractivity contribution in [2.75, 3.05) is 27.3 Å². The van der Waals surface area contributed by atoms with Crippen LogP contribution in [0.5, 0.6) is 11.5 Å². The van der Waals surface area contributed by atoms with Crippen LogP contribution in [0.15, 0.2) is 18.2 Å². The predicted molar refractivity (Wildman–Crippen MR) is 69.2 cm³/mol. The standard InChI is InChI=1S/C14H19NO3/c1-17-12-3-4-14(18-2)13(9-12)11-5-7-15(10-16)8-6-11/h3-4,9-11H,5-8H2,1-2H3. The van der Waals surface area contributed by atoms with E-state index in [2.05, 4.69) is 0 Å². The smallest absolute Gasteiger partial charge is 0.209 e. The van der Waals surface area contributed by atoms with Crippen molar-refractivity contribution >= 4 is 6.41 Å². The maximum absolute atomic E-state index is 10.7. The summed E-state index contributed by atoms with van der Waals surface area (Å²) in [4.78, 5) is 12.5. The fourth-order valence-electron chi connectivity index (χ4n) is 2.47. The molecule has 1 aliphatic rings. The highest BCUT2D eigenvalue weighted by Gasteiger charge is 2.22. The largest absolute Gasteiger partial charge is 0.497 e. The van der Waals surface area contributed by atoms with Crippen molar-refractivity contribution in [2.24, 2.45) is 0 Å². The normalized spacial score (nSPS) is 16.4. The molecule has 0 unspecified atom stereocenters. The van der Waals surface area contributed by atoms with Gasteiger partial charge in [-0.25, -0.2) is 0 Å². The van der Waals surface area contributed by atoms with Crippen LogP contribution in [0.4, 0.5) is 0 Å². The average molecular weight is 249 g/mol. The molecular formula is C14H19NO3. The maximum Gasteiger partial charge on any atom is 0.209 e. The van der Waals surface area contributed by atoms with Gasteiger partial charge < -0.3 is 14.4 Å². The topological polar surface area (TPSA) is 38.8 Å². The van der Waals surface area contributed by atoms with E-state index in [1.54, 1.807) is 14.2 Å². The van der Waals surface area contributed by atoms with Crippen molar-refractivity contribution in [2.45, 2.75) is 18.8 Å². The van der Waals surface area contributed by atoms with Crippen molar-refractivity contribution in [1.29, 1.82) is 0 Å². The molecule has 0 spiro atoms. The molecule has 0 radical (unpaired) electrons. The number of carbonyl (C=O) groups is 1. The van der Waals surface area contributed by atoms with Gasteiger partial charge in [0, 0.05) is 18.7 Å². The quantitative estimate of drug-likeness (QED) is 0.766. The molecule has 1 amide bonds. The van der Waals surface area contributed by atoms with Crippen LogP contribution in [-0.2, 0) is 4.79 Å². The second-order valence-corrected chi connectivity index (χ2v) is 4.52. The molecule has 1 aliphatic heterocycles. The lowest BCUT2D eigenvalue weighted by Crippen LogP contribution is -2.31. The Morgan fingerprint density at radius 1 is 1.22 bits per heavy atom. The van der Waals surface area contributed by atoms with Crippen LogP contribution in [0.2, 0.25) is 0 Å². The van der Waals surface area contributed by atoms with Crippen molar-refractivity contribution < 1.29 is 14.3 Å². The van der Waals surface area contributed by atoms with E-state index in [1.165, 1.54) is 5.56 Å². The van der Waals surface area contributed by atoms with Crippen molar-refractivity contribution in [1.82, 2.24) is 4.90 Å². The summed E-state index contributed by atoms with van der Waals surface area (Å²) in [7, 11) is 3.35. The minimum absolute atomic E-state index is 0.436. The molecule has 4 nitrogen and oxygen atoms in total. The number of hydrogen-bond donors (Lipinski definition) is 0. The molecule has 0 aliphatic carbocycles. The first-order chi connectivity index (χ1) is 8.78. The van der Waals surface area contributed by atoms with E-state index in [0.717, 1.165) is 43.8 Å². The summed E-state index contributed by atoms with van der Waals surface area (Å²) in [5.74, 6) is 2.19. The summed E-state index contributed by atoms with van der Waals surface area (Å²) in [5.41, 5.74) is 1.18. The minimum atomic E-state index is 0.436. The van der Waals surface area contributed by atoms with Gasteiger partial charge in [0.25, 0.3) is 0 Å². The zero-order chi connectivity index (χ0) is 13.0. The Morgan fingerprint density at radius 3 is 2.50 bits per heavy atom. The summed E-state index contributed by atoms with van der Waals surface area (Å²) >= 11 is 0. The average Bonchev–Trinajstić information content (AvgIpc) is 2.46. The Hall–Kier alpha value is -1.71. The summed E-state index contributed by atoms with van der Waals surface area (Å²) in [6.45, 7) is 1.63. The first kappa shape index (κ1) is 12.7. The molecule has 1 aromatic rings. The van der Waals surface area contributed by atoms with Gasteiger partial charge in [-0.2, -0.15) is 0 Å². The summed E-state index contributed by atoms with van der Waals surface area (Å²) in [6, 6.07) is 5.89. The monoisotopic (exact) mass is 249 g/mol. The Bertz CT molecular complexity index is 412. The highest BCUT2D eigenvalue weighted by atomic mass is 16.5. The van der Waals surface area contributed by atoms with Crippen molar-refractivity contribution in [3.05, 3.63) is 23.8 Å². The number of nitrogens with zero attached hydrogens (tertiary/aromatic N) is 1. The highest BCUT2D eigenvalue weighted by molar-refractivity contribution is 5.48. The molecule has 0 aromatic heterocycles. The fourth-order valence-corrected chi connectivity index (χ4v) is 2.47. The van der Waals surface area contributed by atoms with Gasteiger partial charge in [-0.15, -0.1) is 0 Å². The lowest BCUT2D eigenvalue weighted by Gasteiger charge is -2.30. The fraction of sp³-hybridized carbons (Fsp3) is 0.500. The molecule has 4 heteroatoms. The maximum atomic E-state index is 10.7. The summed E-state index contributed by atoms with van der Waals surface area (Å²) in [6.07, 6.45) is 2.88. The zero-order valence-corrected chi connectivity index (χ0v) is 10.9. The molecular weight excluding hydrogens is 230 g/mol. The molecule has 0 saturated carbocycles. The van der Waals surface area contributed by atoms with Crippen molar-refractivity contribution in [3.8, 4) is 11.5 Å². The lowest BCUT2D eigenvalue weighted by molar-refractivity contribution is -0.119. The van der Waals surface area contributed by atoms with E-state index in [-0.39, 0.29) is 0 Å². The number of benzene rings is 1. The van der Waals surface area contributed by atoms with Gasteiger partial charge in [0.15, 0.2) is 0 Å². The SMILES string of the molecule is COc1ccc(OC)c(C2CCN(C=O)CC2)c1.